The maximum absolute atomic E-state index is 2.56. The third kappa shape index (κ3) is 3.38. The molecular formula is C36H25NS. The Morgan fingerprint density at radius 1 is 0.553 bits per heavy atom. The maximum Gasteiger partial charge on any atom is 0.0567 e. The number of hydrogen-bond donors (Lipinski definition) is 0. The quantitative estimate of drug-likeness (QED) is 0.228. The lowest BCUT2D eigenvalue weighted by atomic mass is 10.0. The van der Waals surface area contributed by atoms with E-state index in [9.17, 15) is 0 Å². The third-order valence-electron chi connectivity index (χ3n) is 7.92. The topological polar surface area (TPSA) is 4.93 Å². The zero-order valence-corrected chi connectivity index (χ0v) is 21.7. The van der Waals surface area contributed by atoms with Gasteiger partial charge in [0.25, 0.3) is 0 Å². The zero-order valence-electron chi connectivity index (χ0n) is 20.8. The number of para-hydroxylation sites is 1. The molecule has 0 amide bonds. The third-order valence-corrected chi connectivity index (χ3v) is 9.08. The number of rotatable bonds is 3. The molecule has 2 aromatic heterocycles. The fourth-order valence-electron chi connectivity index (χ4n) is 6.11. The lowest BCUT2D eigenvalue weighted by molar-refractivity contribution is 0.696. The first-order valence-electron chi connectivity index (χ1n) is 13.2. The number of hydrogen-bond acceptors (Lipinski definition) is 1. The molecule has 1 aliphatic carbocycles. The standard InChI is InChI=1S/C36H25NS/c1-3-9-24(10-4-1)26-16-19-34-31(21-26)29-13-7-8-14-33(29)37(34)28-17-20-35-32(23-28)30-18-15-27(22-36(30)38-35)25-11-5-2-6-12-25/h1-16,18-23,28H,17H2. The molecule has 1 aliphatic rings. The molecular weight excluding hydrogens is 478 g/mol. The summed E-state index contributed by atoms with van der Waals surface area (Å²) in [5, 5.41) is 5.39. The fourth-order valence-corrected chi connectivity index (χ4v) is 7.29. The van der Waals surface area contributed by atoms with E-state index in [-0.39, 0.29) is 6.04 Å². The van der Waals surface area contributed by atoms with Crippen LogP contribution in [0.25, 0.3) is 66.3 Å². The van der Waals surface area contributed by atoms with Gasteiger partial charge in [0.2, 0.25) is 0 Å². The summed E-state index contributed by atoms with van der Waals surface area (Å²) in [6.45, 7) is 0. The minimum absolute atomic E-state index is 0.277. The highest BCUT2D eigenvalue weighted by atomic mass is 32.1. The van der Waals surface area contributed by atoms with Crippen molar-refractivity contribution in [2.75, 3.05) is 0 Å². The van der Waals surface area contributed by atoms with Crippen LogP contribution in [-0.2, 0) is 0 Å². The second kappa shape index (κ2) is 8.58. The Morgan fingerprint density at radius 3 is 2.00 bits per heavy atom. The van der Waals surface area contributed by atoms with E-state index in [4.69, 9.17) is 0 Å². The zero-order chi connectivity index (χ0) is 25.1. The van der Waals surface area contributed by atoms with Crippen molar-refractivity contribution >= 4 is 55.4 Å². The first-order chi connectivity index (χ1) is 18.8. The number of benzene rings is 5. The molecule has 0 N–H and O–H groups in total. The minimum atomic E-state index is 0.277. The molecule has 1 nitrogen and oxygen atoms in total. The summed E-state index contributed by atoms with van der Waals surface area (Å²) < 4.78 is 5.31. The van der Waals surface area contributed by atoms with Gasteiger partial charge < -0.3 is 4.57 Å². The largest absolute Gasteiger partial charge is 0.333 e. The molecule has 0 fully saturated rings. The number of fused-ring (bicyclic) bond motifs is 6. The van der Waals surface area contributed by atoms with Gasteiger partial charge >= 0.3 is 0 Å². The van der Waals surface area contributed by atoms with Crippen molar-refractivity contribution in [3.8, 4) is 22.3 Å². The SMILES string of the molecule is C1=c2sc3cc(-c4ccccc4)ccc3c2=CC(n2c3ccccc3c3cc(-c4ccccc4)ccc32)C1. The predicted molar refractivity (Wildman–Crippen MR) is 164 cm³/mol. The molecule has 0 aliphatic heterocycles. The highest BCUT2D eigenvalue weighted by Gasteiger charge is 2.19. The predicted octanol–water partition coefficient (Wildman–Crippen LogP) is 8.55. The number of thiophene rings is 1. The Labute approximate surface area is 225 Å². The van der Waals surface area contributed by atoms with E-state index in [1.807, 2.05) is 11.3 Å². The minimum Gasteiger partial charge on any atom is -0.333 e. The summed E-state index contributed by atoms with van der Waals surface area (Å²) >= 11 is 1.92. The second-order valence-electron chi connectivity index (χ2n) is 10.1. The van der Waals surface area contributed by atoms with Crippen molar-refractivity contribution in [2.24, 2.45) is 0 Å². The van der Waals surface area contributed by atoms with E-state index < -0.39 is 0 Å². The van der Waals surface area contributed by atoms with E-state index in [2.05, 4.69) is 138 Å². The van der Waals surface area contributed by atoms with Crippen LogP contribution in [0.5, 0.6) is 0 Å². The monoisotopic (exact) mass is 503 g/mol. The van der Waals surface area contributed by atoms with Gasteiger partial charge in [-0.1, -0.05) is 109 Å². The maximum atomic E-state index is 2.56. The van der Waals surface area contributed by atoms with Crippen LogP contribution >= 0.6 is 11.3 Å². The molecule has 0 saturated heterocycles. The van der Waals surface area contributed by atoms with E-state index in [1.165, 1.54) is 63.9 Å². The van der Waals surface area contributed by atoms with Crippen molar-refractivity contribution in [3.63, 3.8) is 0 Å². The molecule has 38 heavy (non-hydrogen) atoms. The summed E-state index contributed by atoms with van der Waals surface area (Å²) in [5.74, 6) is 0. The van der Waals surface area contributed by atoms with Crippen LogP contribution in [0.1, 0.15) is 12.5 Å². The summed E-state index contributed by atoms with van der Waals surface area (Å²) in [6, 6.07) is 44.4. The fraction of sp³-hybridized carbons (Fsp3) is 0.0556. The Kier molecular flexibility index (Phi) is 4.89. The van der Waals surface area contributed by atoms with Crippen LogP contribution < -0.4 is 9.75 Å². The first kappa shape index (κ1) is 21.7. The van der Waals surface area contributed by atoms with Crippen LogP contribution in [0.3, 0.4) is 0 Å². The molecule has 2 heteroatoms. The van der Waals surface area contributed by atoms with Gasteiger partial charge in [-0.05, 0) is 58.2 Å². The van der Waals surface area contributed by atoms with Gasteiger partial charge in [-0.3, -0.25) is 0 Å². The first-order valence-corrected chi connectivity index (χ1v) is 14.0. The Bertz CT molecular complexity index is 2100. The number of aromatic nitrogens is 1. The molecule has 2 heterocycles. The molecule has 0 saturated carbocycles. The van der Waals surface area contributed by atoms with Crippen molar-refractivity contribution < 1.29 is 0 Å². The van der Waals surface area contributed by atoms with Crippen molar-refractivity contribution in [1.29, 1.82) is 0 Å². The van der Waals surface area contributed by atoms with Gasteiger partial charge in [0.1, 0.15) is 0 Å². The Hall–Kier alpha value is -4.40. The van der Waals surface area contributed by atoms with E-state index in [1.54, 1.807) is 0 Å². The molecule has 180 valence electrons. The average molecular weight is 504 g/mol. The lowest BCUT2D eigenvalue weighted by Crippen LogP contribution is -2.25. The summed E-state index contributed by atoms with van der Waals surface area (Å²) in [4.78, 5) is 0. The molecule has 1 unspecified atom stereocenters. The van der Waals surface area contributed by atoms with Crippen LogP contribution in [0, 0.1) is 0 Å². The Balaban J connectivity index is 1.30. The Morgan fingerprint density at radius 2 is 1.21 bits per heavy atom. The van der Waals surface area contributed by atoms with Gasteiger partial charge in [0.05, 0.1) is 6.04 Å². The molecule has 7 aromatic rings. The highest BCUT2D eigenvalue weighted by Crippen LogP contribution is 2.37. The molecule has 0 bridgehead atoms. The molecule has 5 aromatic carbocycles. The van der Waals surface area contributed by atoms with Crippen LogP contribution in [0.4, 0.5) is 0 Å². The van der Waals surface area contributed by atoms with Crippen LogP contribution in [-0.4, -0.2) is 4.57 Å². The normalized spacial score (nSPS) is 14.9. The summed E-state index contributed by atoms with van der Waals surface area (Å²) in [6.07, 6.45) is 5.96. The van der Waals surface area contributed by atoms with Gasteiger partial charge in [-0.2, -0.15) is 0 Å². The second-order valence-corrected chi connectivity index (χ2v) is 11.2. The summed E-state index contributed by atoms with van der Waals surface area (Å²) in [7, 11) is 0. The van der Waals surface area contributed by atoms with Crippen LogP contribution in [0.15, 0.2) is 121 Å². The van der Waals surface area contributed by atoms with E-state index >= 15 is 0 Å². The van der Waals surface area contributed by atoms with Gasteiger partial charge in [-0.15, -0.1) is 11.3 Å². The molecule has 8 rings (SSSR count). The average Bonchev–Trinajstić information content (AvgIpc) is 3.52. The molecule has 0 radical (unpaired) electrons. The van der Waals surface area contributed by atoms with Crippen molar-refractivity contribution in [1.82, 2.24) is 4.57 Å². The van der Waals surface area contributed by atoms with Crippen molar-refractivity contribution in [3.05, 3.63) is 131 Å². The highest BCUT2D eigenvalue weighted by molar-refractivity contribution is 7.17. The van der Waals surface area contributed by atoms with Gasteiger partial charge in [0.15, 0.2) is 0 Å². The summed E-state index contributed by atoms with van der Waals surface area (Å²) in [5.41, 5.74) is 7.68. The molecule has 0 spiro atoms. The molecule has 1 atom stereocenters. The van der Waals surface area contributed by atoms with E-state index in [0.29, 0.717) is 0 Å². The number of nitrogens with zero attached hydrogens (tertiary/aromatic N) is 1. The van der Waals surface area contributed by atoms with Crippen molar-refractivity contribution in [2.45, 2.75) is 12.5 Å². The van der Waals surface area contributed by atoms with Gasteiger partial charge in [0, 0.05) is 36.4 Å². The smallest absolute Gasteiger partial charge is 0.0567 e. The lowest BCUT2D eigenvalue weighted by Gasteiger charge is -2.18. The van der Waals surface area contributed by atoms with Crippen LogP contribution in [0.2, 0.25) is 0 Å². The van der Waals surface area contributed by atoms with E-state index in [0.717, 1.165) is 6.42 Å². The van der Waals surface area contributed by atoms with Gasteiger partial charge in [-0.25, -0.2) is 0 Å².